The summed E-state index contributed by atoms with van der Waals surface area (Å²) in [6, 6.07) is 12.2. The predicted octanol–water partition coefficient (Wildman–Crippen LogP) is 6.87. The third kappa shape index (κ3) is 5.66. The van der Waals surface area contributed by atoms with Crippen molar-refractivity contribution >= 4 is 56.4 Å². The second-order valence-corrected chi connectivity index (χ2v) is 9.88. The molecule has 0 fully saturated rings. The molecular weight excluding hydrogens is 512 g/mol. The molecule has 3 aromatic rings. The number of sulfonamides is 1. The van der Waals surface area contributed by atoms with E-state index in [0.717, 1.165) is 36.0 Å². The Labute approximate surface area is 194 Å². The first-order chi connectivity index (χ1) is 14.9. The van der Waals surface area contributed by atoms with Gasteiger partial charge in [-0.1, -0.05) is 35.0 Å². The third-order valence-electron chi connectivity index (χ3n) is 4.00. The monoisotopic (exact) mass is 522 g/mol. The van der Waals surface area contributed by atoms with Crippen molar-refractivity contribution in [3.63, 3.8) is 0 Å². The van der Waals surface area contributed by atoms with Crippen LogP contribution in [-0.2, 0) is 16.2 Å². The van der Waals surface area contributed by atoms with Gasteiger partial charge >= 0.3 is 6.18 Å². The van der Waals surface area contributed by atoms with Crippen LogP contribution in [0.4, 0.5) is 24.5 Å². The largest absolute Gasteiger partial charge is 0.417 e. The molecule has 168 valence electrons. The molecule has 0 saturated heterocycles. The van der Waals surface area contributed by atoms with E-state index in [0.29, 0.717) is 16.0 Å². The van der Waals surface area contributed by atoms with E-state index in [1.807, 2.05) is 4.72 Å². The van der Waals surface area contributed by atoms with E-state index in [9.17, 15) is 31.7 Å². The van der Waals surface area contributed by atoms with Crippen LogP contribution in [0.25, 0.3) is 0 Å². The second kappa shape index (κ2) is 9.18. The Morgan fingerprint density at radius 3 is 2.22 bits per heavy atom. The van der Waals surface area contributed by atoms with Gasteiger partial charge in [0.2, 0.25) is 0 Å². The van der Waals surface area contributed by atoms with Gasteiger partial charge in [0, 0.05) is 21.7 Å². The van der Waals surface area contributed by atoms with Gasteiger partial charge in [0.05, 0.1) is 25.3 Å². The van der Waals surface area contributed by atoms with E-state index in [4.69, 9.17) is 23.2 Å². The van der Waals surface area contributed by atoms with Crippen LogP contribution in [0.1, 0.15) is 5.56 Å². The number of nitro groups is 1. The van der Waals surface area contributed by atoms with Crippen molar-refractivity contribution in [1.29, 1.82) is 0 Å². The number of hydrogen-bond acceptors (Lipinski definition) is 5. The zero-order valence-electron chi connectivity index (χ0n) is 15.6. The number of anilines is 1. The molecule has 0 aromatic heterocycles. The molecule has 0 amide bonds. The normalized spacial score (nSPS) is 11.9. The van der Waals surface area contributed by atoms with Crippen molar-refractivity contribution in [3.8, 4) is 0 Å². The van der Waals surface area contributed by atoms with Crippen LogP contribution < -0.4 is 4.72 Å². The Bertz CT molecular complexity index is 1280. The average molecular weight is 523 g/mol. The standard InChI is InChI=1S/C19H11Cl2F3N2O4S2/c20-11-1-4-13(5-2-11)31-18-8-6-14(10-17(18)26(27)28)32(29,30)25-12-3-7-16(21)15(9-12)19(22,23)24/h1-10,25H. The van der Waals surface area contributed by atoms with Gasteiger partial charge in [-0.15, -0.1) is 0 Å². The van der Waals surface area contributed by atoms with Gasteiger partial charge in [0.25, 0.3) is 15.7 Å². The van der Waals surface area contributed by atoms with E-state index < -0.39 is 48.0 Å². The number of halogens is 5. The van der Waals surface area contributed by atoms with Crippen LogP contribution in [0.3, 0.4) is 0 Å². The third-order valence-corrected chi connectivity index (χ3v) is 7.04. The van der Waals surface area contributed by atoms with Gasteiger partial charge in [-0.2, -0.15) is 13.2 Å². The average Bonchev–Trinajstić information content (AvgIpc) is 2.70. The molecule has 0 unspecified atom stereocenters. The molecule has 0 saturated carbocycles. The summed E-state index contributed by atoms with van der Waals surface area (Å²) < 4.78 is 66.4. The molecule has 32 heavy (non-hydrogen) atoms. The van der Waals surface area contributed by atoms with Gasteiger partial charge in [-0.3, -0.25) is 14.8 Å². The van der Waals surface area contributed by atoms with E-state index in [1.54, 1.807) is 24.3 Å². The van der Waals surface area contributed by atoms with Crippen LogP contribution in [0.5, 0.6) is 0 Å². The first-order valence-electron chi connectivity index (χ1n) is 8.48. The minimum atomic E-state index is -4.79. The second-order valence-electron chi connectivity index (χ2n) is 6.24. The molecule has 6 nitrogen and oxygen atoms in total. The Morgan fingerprint density at radius 2 is 1.62 bits per heavy atom. The van der Waals surface area contributed by atoms with Crippen LogP contribution in [0.2, 0.25) is 10.0 Å². The Kier molecular flexibility index (Phi) is 6.94. The van der Waals surface area contributed by atoms with E-state index in [2.05, 4.69) is 0 Å². The molecule has 0 aliphatic heterocycles. The number of hydrogen-bond donors (Lipinski definition) is 1. The lowest BCUT2D eigenvalue weighted by Gasteiger charge is -2.13. The van der Waals surface area contributed by atoms with Crippen LogP contribution in [0.15, 0.2) is 75.4 Å². The molecular formula is C19H11Cl2F3N2O4S2. The molecule has 0 radical (unpaired) electrons. The maximum atomic E-state index is 13.0. The summed E-state index contributed by atoms with van der Waals surface area (Å²) in [5.41, 5.74) is -2.11. The molecule has 0 heterocycles. The van der Waals surface area contributed by atoms with Gasteiger partial charge in [-0.05, 0) is 54.6 Å². The first kappa shape index (κ1) is 24.2. The van der Waals surface area contributed by atoms with Crippen LogP contribution >= 0.6 is 35.0 Å². The predicted molar refractivity (Wildman–Crippen MR) is 116 cm³/mol. The first-order valence-corrected chi connectivity index (χ1v) is 11.5. The molecule has 13 heteroatoms. The van der Waals surface area contributed by atoms with Gasteiger partial charge in [0.15, 0.2) is 0 Å². The minimum Gasteiger partial charge on any atom is -0.280 e. The SMILES string of the molecule is O=[N+]([O-])c1cc(S(=O)(=O)Nc2ccc(Cl)c(C(F)(F)F)c2)ccc1Sc1ccc(Cl)cc1. The smallest absolute Gasteiger partial charge is 0.280 e. The topological polar surface area (TPSA) is 89.3 Å². The van der Waals surface area contributed by atoms with Gasteiger partial charge < -0.3 is 0 Å². The molecule has 0 aliphatic carbocycles. The summed E-state index contributed by atoms with van der Waals surface area (Å²) in [6.07, 6.45) is -4.79. The molecule has 3 rings (SSSR count). The summed E-state index contributed by atoms with van der Waals surface area (Å²) in [4.78, 5) is 11.1. The summed E-state index contributed by atoms with van der Waals surface area (Å²) in [5.74, 6) is 0. The molecule has 0 atom stereocenters. The number of nitro benzene ring substituents is 1. The molecule has 0 bridgehead atoms. The quantitative estimate of drug-likeness (QED) is 0.281. The summed E-state index contributed by atoms with van der Waals surface area (Å²) in [7, 11) is -4.43. The summed E-state index contributed by atoms with van der Waals surface area (Å²) in [5, 5.41) is 11.4. The van der Waals surface area contributed by atoms with Gasteiger partial charge in [-0.25, -0.2) is 8.42 Å². The zero-order valence-corrected chi connectivity index (χ0v) is 18.7. The highest BCUT2D eigenvalue weighted by Gasteiger charge is 2.34. The van der Waals surface area contributed by atoms with Crippen molar-refractivity contribution in [2.45, 2.75) is 20.9 Å². The highest BCUT2D eigenvalue weighted by Crippen LogP contribution is 2.38. The van der Waals surface area contributed by atoms with Crippen molar-refractivity contribution in [1.82, 2.24) is 0 Å². The lowest BCUT2D eigenvalue weighted by Crippen LogP contribution is -2.14. The van der Waals surface area contributed by atoms with E-state index in [-0.39, 0.29) is 4.90 Å². The number of nitrogens with one attached hydrogen (secondary N) is 1. The van der Waals surface area contributed by atoms with Gasteiger partial charge in [0.1, 0.15) is 0 Å². The zero-order chi connectivity index (χ0) is 23.7. The Hall–Kier alpha value is -2.47. The van der Waals surface area contributed by atoms with Crippen molar-refractivity contribution in [2.24, 2.45) is 0 Å². The summed E-state index contributed by atoms with van der Waals surface area (Å²) >= 11 is 12.4. The van der Waals surface area contributed by atoms with Crippen molar-refractivity contribution in [3.05, 3.63) is 86.4 Å². The van der Waals surface area contributed by atoms with Crippen LogP contribution in [-0.4, -0.2) is 13.3 Å². The maximum Gasteiger partial charge on any atom is 0.417 e. The molecule has 3 aromatic carbocycles. The highest BCUT2D eigenvalue weighted by molar-refractivity contribution is 7.99. The van der Waals surface area contributed by atoms with E-state index >= 15 is 0 Å². The fourth-order valence-electron chi connectivity index (χ4n) is 2.54. The Balaban J connectivity index is 1.94. The van der Waals surface area contributed by atoms with Crippen molar-refractivity contribution in [2.75, 3.05) is 4.72 Å². The summed E-state index contributed by atoms with van der Waals surface area (Å²) in [6.45, 7) is 0. The fourth-order valence-corrected chi connectivity index (χ4v) is 4.86. The van der Waals surface area contributed by atoms with Crippen LogP contribution in [0, 0.1) is 10.1 Å². The number of rotatable bonds is 6. The molecule has 1 N–H and O–H groups in total. The minimum absolute atomic E-state index is 0.169. The fraction of sp³-hybridized carbons (Fsp3) is 0.0526. The lowest BCUT2D eigenvalue weighted by atomic mass is 10.2. The highest BCUT2D eigenvalue weighted by atomic mass is 35.5. The van der Waals surface area contributed by atoms with Crippen molar-refractivity contribution < 1.29 is 26.5 Å². The molecule has 0 spiro atoms. The molecule has 0 aliphatic rings. The maximum absolute atomic E-state index is 13.0. The number of alkyl halides is 3. The number of nitrogens with zero attached hydrogens (tertiary/aromatic N) is 1. The number of benzene rings is 3. The lowest BCUT2D eigenvalue weighted by molar-refractivity contribution is -0.388. The van der Waals surface area contributed by atoms with E-state index in [1.165, 1.54) is 6.07 Å². The Morgan fingerprint density at radius 1 is 0.969 bits per heavy atom.